The van der Waals surface area contributed by atoms with Crippen LogP contribution in [0.25, 0.3) is 0 Å². The molecule has 0 spiro atoms. The van der Waals surface area contributed by atoms with E-state index < -0.39 is 11.6 Å². The number of aryl methyl sites for hydroxylation is 1. The van der Waals surface area contributed by atoms with Gasteiger partial charge in [-0.05, 0) is 24.1 Å². The molecule has 0 fully saturated rings. The number of guanidine groups is 1. The molecule has 0 aliphatic carbocycles. The molecule has 23 heavy (non-hydrogen) atoms. The van der Waals surface area contributed by atoms with Gasteiger partial charge in [-0.15, -0.1) is 24.0 Å². The summed E-state index contributed by atoms with van der Waals surface area (Å²) in [6.07, 6.45) is 2.17. The van der Waals surface area contributed by atoms with Crippen LogP contribution in [-0.4, -0.2) is 29.3 Å². The Kier molecular flexibility index (Phi) is 7.93. The summed E-state index contributed by atoms with van der Waals surface area (Å²) in [5.74, 6) is -0.480. The molecule has 0 aliphatic rings. The van der Waals surface area contributed by atoms with Crippen molar-refractivity contribution in [1.82, 2.24) is 20.4 Å². The molecule has 0 aliphatic heterocycles. The lowest BCUT2D eigenvalue weighted by molar-refractivity contribution is 0.570. The second-order valence-corrected chi connectivity index (χ2v) is 4.78. The van der Waals surface area contributed by atoms with E-state index in [2.05, 4.69) is 20.7 Å². The molecule has 0 unspecified atom stereocenters. The Morgan fingerprint density at radius 1 is 1.26 bits per heavy atom. The Morgan fingerprint density at radius 2 is 2.04 bits per heavy atom. The van der Waals surface area contributed by atoms with Crippen molar-refractivity contribution in [2.45, 2.75) is 13.0 Å². The van der Waals surface area contributed by atoms with Gasteiger partial charge in [0, 0.05) is 32.9 Å². The second kappa shape index (κ2) is 9.43. The van der Waals surface area contributed by atoms with Gasteiger partial charge in [0.25, 0.3) is 0 Å². The fourth-order valence-electron chi connectivity index (χ4n) is 2.01. The van der Waals surface area contributed by atoms with Gasteiger partial charge in [0.15, 0.2) is 5.96 Å². The summed E-state index contributed by atoms with van der Waals surface area (Å²) in [6.45, 7) is 1.08. The predicted octanol–water partition coefficient (Wildman–Crippen LogP) is 2.22. The van der Waals surface area contributed by atoms with Crippen LogP contribution in [0.1, 0.15) is 11.3 Å². The van der Waals surface area contributed by atoms with Crippen molar-refractivity contribution in [2.75, 3.05) is 13.6 Å². The highest BCUT2D eigenvalue weighted by Gasteiger charge is 2.05. The van der Waals surface area contributed by atoms with Crippen LogP contribution in [0.2, 0.25) is 0 Å². The fraction of sp³-hybridized carbons (Fsp3) is 0.333. The van der Waals surface area contributed by atoms with E-state index in [1.54, 1.807) is 17.9 Å². The van der Waals surface area contributed by atoms with Gasteiger partial charge in [-0.3, -0.25) is 9.67 Å². The van der Waals surface area contributed by atoms with Crippen molar-refractivity contribution in [1.29, 1.82) is 0 Å². The Balaban J connectivity index is 0.00000264. The number of aromatic nitrogens is 2. The molecule has 0 amide bonds. The number of nitrogens with one attached hydrogen (secondary N) is 2. The van der Waals surface area contributed by atoms with Gasteiger partial charge in [0.2, 0.25) is 0 Å². The molecule has 2 N–H and O–H groups in total. The molecule has 0 saturated heterocycles. The predicted molar refractivity (Wildman–Crippen MR) is 96.9 cm³/mol. The number of benzene rings is 1. The lowest BCUT2D eigenvalue weighted by Crippen LogP contribution is -2.38. The van der Waals surface area contributed by atoms with Gasteiger partial charge in [-0.2, -0.15) is 5.10 Å². The average molecular weight is 435 g/mol. The topological polar surface area (TPSA) is 54.2 Å². The number of hydrogen-bond donors (Lipinski definition) is 2. The minimum absolute atomic E-state index is 0. The summed E-state index contributed by atoms with van der Waals surface area (Å²) in [7, 11) is 3.53. The standard InChI is InChI=1S/C15H19F2N5.HI/c1-18-15(20-10-13-6-8-21-22(13)2)19-7-5-11-3-4-12(16)9-14(11)17;/h3-4,6,8-9H,5,7,10H2,1-2H3,(H2,18,19,20);1H. The van der Waals surface area contributed by atoms with E-state index in [4.69, 9.17) is 0 Å². The molecular weight excluding hydrogens is 415 g/mol. The Hall–Kier alpha value is -1.71. The third-order valence-corrected chi connectivity index (χ3v) is 3.28. The van der Waals surface area contributed by atoms with Crippen molar-refractivity contribution in [3.05, 3.63) is 53.4 Å². The molecule has 1 aromatic heterocycles. The number of hydrogen-bond acceptors (Lipinski definition) is 2. The van der Waals surface area contributed by atoms with E-state index >= 15 is 0 Å². The molecule has 5 nitrogen and oxygen atoms in total. The van der Waals surface area contributed by atoms with Gasteiger partial charge in [-0.1, -0.05) is 6.07 Å². The first kappa shape index (κ1) is 19.3. The highest BCUT2D eigenvalue weighted by molar-refractivity contribution is 14.0. The van der Waals surface area contributed by atoms with E-state index in [-0.39, 0.29) is 24.0 Å². The highest BCUT2D eigenvalue weighted by Crippen LogP contribution is 2.09. The van der Waals surface area contributed by atoms with Crippen LogP contribution in [-0.2, 0) is 20.0 Å². The fourth-order valence-corrected chi connectivity index (χ4v) is 2.01. The summed E-state index contributed by atoms with van der Waals surface area (Å²) < 4.78 is 28.1. The molecule has 1 aromatic carbocycles. The lowest BCUT2D eigenvalue weighted by Gasteiger charge is -2.12. The zero-order valence-electron chi connectivity index (χ0n) is 13.0. The van der Waals surface area contributed by atoms with Crippen LogP contribution in [0.4, 0.5) is 8.78 Å². The van der Waals surface area contributed by atoms with Gasteiger partial charge in [0.1, 0.15) is 11.6 Å². The third kappa shape index (κ3) is 5.77. The van der Waals surface area contributed by atoms with Crippen LogP contribution < -0.4 is 10.6 Å². The third-order valence-electron chi connectivity index (χ3n) is 3.28. The number of rotatable bonds is 5. The highest BCUT2D eigenvalue weighted by atomic mass is 127. The van der Waals surface area contributed by atoms with E-state index in [1.165, 1.54) is 12.1 Å². The Labute approximate surface area is 151 Å². The van der Waals surface area contributed by atoms with Crippen molar-refractivity contribution in [2.24, 2.45) is 12.0 Å². The van der Waals surface area contributed by atoms with Crippen LogP contribution >= 0.6 is 24.0 Å². The maximum atomic E-state index is 13.5. The van der Waals surface area contributed by atoms with Crippen LogP contribution in [0.15, 0.2) is 35.5 Å². The first-order chi connectivity index (χ1) is 10.6. The average Bonchev–Trinajstić information content (AvgIpc) is 2.90. The zero-order chi connectivity index (χ0) is 15.9. The normalized spacial score (nSPS) is 11.0. The maximum absolute atomic E-state index is 13.5. The number of halogens is 3. The molecule has 2 aromatic rings. The molecule has 2 rings (SSSR count). The molecule has 1 heterocycles. The first-order valence-electron chi connectivity index (χ1n) is 6.95. The van der Waals surface area contributed by atoms with Crippen molar-refractivity contribution >= 4 is 29.9 Å². The molecule has 0 radical (unpaired) electrons. The summed E-state index contributed by atoms with van der Waals surface area (Å²) in [5.41, 5.74) is 1.49. The van der Waals surface area contributed by atoms with E-state index in [9.17, 15) is 8.78 Å². The van der Waals surface area contributed by atoms with Gasteiger partial charge in [0.05, 0.1) is 12.2 Å². The number of nitrogens with zero attached hydrogens (tertiary/aromatic N) is 3. The van der Waals surface area contributed by atoms with Crippen molar-refractivity contribution in [3.63, 3.8) is 0 Å². The lowest BCUT2D eigenvalue weighted by atomic mass is 10.1. The summed E-state index contributed by atoms with van der Waals surface area (Å²) in [5, 5.41) is 10.3. The largest absolute Gasteiger partial charge is 0.356 e. The summed E-state index contributed by atoms with van der Waals surface area (Å²) in [4.78, 5) is 4.10. The minimum atomic E-state index is -0.567. The van der Waals surface area contributed by atoms with Gasteiger partial charge < -0.3 is 10.6 Å². The Morgan fingerprint density at radius 3 is 2.65 bits per heavy atom. The smallest absolute Gasteiger partial charge is 0.191 e. The Bertz CT molecular complexity index is 657. The van der Waals surface area contributed by atoms with Crippen molar-refractivity contribution < 1.29 is 8.78 Å². The van der Waals surface area contributed by atoms with Gasteiger partial charge in [-0.25, -0.2) is 8.78 Å². The first-order valence-corrected chi connectivity index (χ1v) is 6.95. The second-order valence-electron chi connectivity index (χ2n) is 4.78. The molecule has 0 saturated carbocycles. The maximum Gasteiger partial charge on any atom is 0.191 e. The molecule has 0 atom stereocenters. The zero-order valence-corrected chi connectivity index (χ0v) is 15.3. The van der Waals surface area contributed by atoms with Gasteiger partial charge >= 0.3 is 0 Å². The summed E-state index contributed by atoms with van der Waals surface area (Å²) >= 11 is 0. The SMILES string of the molecule is CN=C(NCCc1ccc(F)cc1F)NCc1ccnn1C.I. The minimum Gasteiger partial charge on any atom is -0.356 e. The van der Waals surface area contributed by atoms with Crippen molar-refractivity contribution in [3.8, 4) is 0 Å². The van der Waals surface area contributed by atoms with E-state index in [1.807, 2.05) is 13.1 Å². The molecular formula is C15H20F2IN5. The summed E-state index contributed by atoms with van der Waals surface area (Å²) in [6, 6.07) is 5.52. The van der Waals surface area contributed by atoms with Crippen LogP contribution in [0, 0.1) is 11.6 Å². The molecule has 8 heteroatoms. The van der Waals surface area contributed by atoms with Crippen LogP contribution in [0.5, 0.6) is 0 Å². The number of aliphatic imine (C=N–C) groups is 1. The quantitative estimate of drug-likeness (QED) is 0.431. The van der Waals surface area contributed by atoms with E-state index in [0.717, 1.165) is 11.8 Å². The molecule has 0 bridgehead atoms. The van der Waals surface area contributed by atoms with E-state index in [0.29, 0.717) is 31.0 Å². The van der Waals surface area contributed by atoms with Crippen LogP contribution in [0.3, 0.4) is 0 Å². The molecule has 126 valence electrons. The monoisotopic (exact) mass is 435 g/mol.